The van der Waals surface area contributed by atoms with Crippen molar-refractivity contribution < 1.29 is 9.90 Å². The van der Waals surface area contributed by atoms with Crippen LogP contribution in [-0.2, 0) is 6.42 Å². The first-order chi connectivity index (χ1) is 6.99. The number of aromatic carboxylic acids is 1. The Balaban J connectivity index is 2.84. The predicted molar refractivity (Wildman–Crippen MR) is 56.9 cm³/mol. The van der Waals surface area contributed by atoms with E-state index < -0.39 is 5.97 Å². The van der Waals surface area contributed by atoms with Gasteiger partial charge in [0.15, 0.2) is 5.69 Å². The molecule has 0 unspecified atom stereocenters. The molecule has 0 saturated heterocycles. The van der Waals surface area contributed by atoms with Gasteiger partial charge < -0.3 is 5.11 Å². The Hall–Kier alpha value is -1.45. The second-order valence-electron chi connectivity index (χ2n) is 4.05. The SMILES string of the molecule is Cc1cc(C(=O)O)nc(CCC(C)C)n1. The second-order valence-corrected chi connectivity index (χ2v) is 4.05. The Bertz CT molecular complexity index is 362. The van der Waals surface area contributed by atoms with Crippen LogP contribution in [0.25, 0.3) is 0 Å². The summed E-state index contributed by atoms with van der Waals surface area (Å²) in [7, 11) is 0. The normalized spacial score (nSPS) is 10.7. The van der Waals surface area contributed by atoms with Crippen LogP contribution in [-0.4, -0.2) is 21.0 Å². The number of nitrogens with zero attached hydrogens (tertiary/aromatic N) is 2. The van der Waals surface area contributed by atoms with E-state index in [1.54, 1.807) is 6.92 Å². The van der Waals surface area contributed by atoms with E-state index in [-0.39, 0.29) is 5.69 Å². The van der Waals surface area contributed by atoms with E-state index in [0.717, 1.165) is 12.8 Å². The van der Waals surface area contributed by atoms with Crippen molar-refractivity contribution in [2.75, 3.05) is 0 Å². The third-order valence-corrected chi connectivity index (χ3v) is 2.06. The van der Waals surface area contributed by atoms with Gasteiger partial charge in [0, 0.05) is 12.1 Å². The van der Waals surface area contributed by atoms with Gasteiger partial charge in [0.2, 0.25) is 0 Å². The Morgan fingerprint density at radius 2 is 2.13 bits per heavy atom. The van der Waals surface area contributed by atoms with E-state index >= 15 is 0 Å². The van der Waals surface area contributed by atoms with Gasteiger partial charge in [-0.1, -0.05) is 13.8 Å². The van der Waals surface area contributed by atoms with Crippen LogP contribution in [0.2, 0.25) is 0 Å². The van der Waals surface area contributed by atoms with E-state index in [1.165, 1.54) is 6.07 Å². The lowest BCUT2D eigenvalue weighted by atomic mass is 10.1. The lowest BCUT2D eigenvalue weighted by molar-refractivity contribution is 0.0689. The molecule has 0 amide bonds. The molecule has 0 aliphatic heterocycles. The smallest absolute Gasteiger partial charge is 0.354 e. The first-order valence-corrected chi connectivity index (χ1v) is 5.07. The van der Waals surface area contributed by atoms with Gasteiger partial charge in [0.25, 0.3) is 0 Å². The molecule has 15 heavy (non-hydrogen) atoms. The average Bonchev–Trinajstić information content (AvgIpc) is 2.13. The number of aryl methyl sites for hydroxylation is 2. The summed E-state index contributed by atoms with van der Waals surface area (Å²) in [5, 5.41) is 8.82. The van der Waals surface area contributed by atoms with Crippen molar-refractivity contribution >= 4 is 5.97 Å². The molecule has 1 rings (SSSR count). The maximum absolute atomic E-state index is 10.8. The molecule has 4 heteroatoms. The van der Waals surface area contributed by atoms with Gasteiger partial charge in [-0.15, -0.1) is 0 Å². The van der Waals surface area contributed by atoms with E-state index in [0.29, 0.717) is 17.4 Å². The topological polar surface area (TPSA) is 63.1 Å². The van der Waals surface area contributed by atoms with Crippen molar-refractivity contribution in [3.05, 3.63) is 23.3 Å². The molecule has 0 fully saturated rings. The highest BCUT2D eigenvalue weighted by molar-refractivity contribution is 5.85. The van der Waals surface area contributed by atoms with Crippen molar-refractivity contribution in [1.29, 1.82) is 0 Å². The van der Waals surface area contributed by atoms with Crippen LogP contribution < -0.4 is 0 Å². The zero-order valence-corrected chi connectivity index (χ0v) is 9.32. The number of carboxylic acids is 1. The van der Waals surface area contributed by atoms with Crippen molar-refractivity contribution in [2.45, 2.75) is 33.6 Å². The number of aromatic nitrogens is 2. The molecular weight excluding hydrogens is 192 g/mol. The Labute approximate surface area is 89.4 Å². The summed E-state index contributed by atoms with van der Waals surface area (Å²) in [4.78, 5) is 19.0. The van der Waals surface area contributed by atoms with Crippen LogP contribution in [0.5, 0.6) is 0 Å². The zero-order chi connectivity index (χ0) is 11.4. The van der Waals surface area contributed by atoms with Gasteiger partial charge in [-0.25, -0.2) is 14.8 Å². The van der Waals surface area contributed by atoms with Crippen molar-refractivity contribution in [3.8, 4) is 0 Å². The van der Waals surface area contributed by atoms with Crippen molar-refractivity contribution in [3.63, 3.8) is 0 Å². The van der Waals surface area contributed by atoms with Crippen molar-refractivity contribution in [2.24, 2.45) is 5.92 Å². The fourth-order valence-corrected chi connectivity index (χ4v) is 1.27. The predicted octanol–water partition coefficient (Wildman–Crippen LogP) is 2.07. The third-order valence-electron chi connectivity index (χ3n) is 2.06. The van der Waals surface area contributed by atoms with Crippen LogP contribution in [0.4, 0.5) is 0 Å². The molecule has 1 N–H and O–H groups in total. The lowest BCUT2D eigenvalue weighted by Gasteiger charge is -2.05. The monoisotopic (exact) mass is 208 g/mol. The van der Waals surface area contributed by atoms with Crippen LogP contribution in [0, 0.1) is 12.8 Å². The third kappa shape index (κ3) is 3.65. The number of hydrogen-bond donors (Lipinski definition) is 1. The maximum Gasteiger partial charge on any atom is 0.354 e. The highest BCUT2D eigenvalue weighted by Crippen LogP contribution is 2.07. The molecule has 0 saturated carbocycles. The molecule has 0 atom stereocenters. The Kier molecular flexibility index (Phi) is 3.77. The molecule has 4 nitrogen and oxygen atoms in total. The highest BCUT2D eigenvalue weighted by atomic mass is 16.4. The fraction of sp³-hybridized carbons (Fsp3) is 0.545. The van der Waals surface area contributed by atoms with Crippen LogP contribution in [0.1, 0.15) is 42.3 Å². The van der Waals surface area contributed by atoms with Crippen LogP contribution in [0.3, 0.4) is 0 Å². The number of carboxylic acid groups (broad SMARTS) is 1. The van der Waals surface area contributed by atoms with Crippen LogP contribution >= 0.6 is 0 Å². The molecule has 1 aromatic heterocycles. The molecule has 1 aromatic rings. The fourth-order valence-electron chi connectivity index (χ4n) is 1.27. The zero-order valence-electron chi connectivity index (χ0n) is 9.32. The first kappa shape index (κ1) is 11.6. The molecule has 0 aliphatic rings. The van der Waals surface area contributed by atoms with E-state index in [4.69, 9.17) is 5.11 Å². The van der Waals surface area contributed by atoms with E-state index in [1.807, 2.05) is 0 Å². The summed E-state index contributed by atoms with van der Waals surface area (Å²) in [5.41, 5.74) is 0.794. The quantitative estimate of drug-likeness (QED) is 0.822. The Morgan fingerprint density at radius 3 is 2.67 bits per heavy atom. The second kappa shape index (κ2) is 4.87. The standard InChI is InChI=1S/C11H16N2O2/c1-7(2)4-5-10-12-8(3)6-9(13-10)11(14)15/h6-7H,4-5H2,1-3H3,(H,14,15). The van der Waals surface area contributed by atoms with Gasteiger partial charge in [-0.3, -0.25) is 0 Å². The molecule has 82 valence electrons. The average molecular weight is 208 g/mol. The van der Waals surface area contributed by atoms with Gasteiger partial charge in [0.1, 0.15) is 5.82 Å². The summed E-state index contributed by atoms with van der Waals surface area (Å²) >= 11 is 0. The van der Waals surface area contributed by atoms with Gasteiger partial charge >= 0.3 is 5.97 Å². The summed E-state index contributed by atoms with van der Waals surface area (Å²) in [6, 6.07) is 1.49. The Morgan fingerprint density at radius 1 is 1.47 bits per heavy atom. The van der Waals surface area contributed by atoms with Crippen molar-refractivity contribution in [1.82, 2.24) is 9.97 Å². The minimum atomic E-state index is -0.994. The van der Waals surface area contributed by atoms with Gasteiger partial charge in [0.05, 0.1) is 0 Å². The molecule has 1 heterocycles. The maximum atomic E-state index is 10.8. The van der Waals surface area contributed by atoms with Crippen LogP contribution in [0.15, 0.2) is 6.07 Å². The largest absolute Gasteiger partial charge is 0.477 e. The molecule has 0 aliphatic carbocycles. The highest BCUT2D eigenvalue weighted by Gasteiger charge is 2.08. The van der Waals surface area contributed by atoms with E-state index in [9.17, 15) is 4.79 Å². The molecular formula is C11H16N2O2. The molecule has 0 spiro atoms. The minimum absolute atomic E-state index is 0.0845. The number of carbonyl (C=O) groups is 1. The van der Waals surface area contributed by atoms with Gasteiger partial charge in [-0.2, -0.15) is 0 Å². The van der Waals surface area contributed by atoms with E-state index in [2.05, 4.69) is 23.8 Å². The summed E-state index contributed by atoms with van der Waals surface area (Å²) in [6.07, 6.45) is 1.71. The summed E-state index contributed by atoms with van der Waals surface area (Å²) in [5.74, 6) is 0.204. The first-order valence-electron chi connectivity index (χ1n) is 5.07. The lowest BCUT2D eigenvalue weighted by Crippen LogP contribution is -2.07. The summed E-state index contributed by atoms with van der Waals surface area (Å²) in [6.45, 7) is 6.02. The number of hydrogen-bond acceptors (Lipinski definition) is 3. The molecule has 0 radical (unpaired) electrons. The summed E-state index contributed by atoms with van der Waals surface area (Å²) < 4.78 is 0. The minimum Gasteiger partial charge on any atom is -0.477 e. The van der Waals surface area contributed by atoms with Gasteiger partial charge in [-0.05, 0) is 25.3 Å². The molecule has 0 bridgehead atoms. The number of rotatable bonds is 4. The molecule has 0 aromatic carbocycles.